The van der Waals surface area contributed by atoms with Crippen molar-refractivity contribution in [1.29, 1.82) is 0 Å². The molecule has 2 aromatic rings. The van der Waals surface area contributed by atoms with Gasteiger partial charge in [0.05, 0.1) is 0 Å². The number of benzene rings is 2. The molecule has 0 heterocycles. The zero-order chi connectivity index (χ0) is 19.8. The van der Waals surface area contributed by atoms with E-state index in [1.165, 1.54) is 6.92 Å². The average molecular weight is 487 g/mol. The Hall–Kier alpha value is -1.28. The van der Waals surface area contributed by atoms with Gasteiger partial charge in [-0.1, -0.05) is 16.8 Å². The molecule has 0 fully saturated rings. The predicted octanol–water partition coefficient (Wildman–Crippen LogP) is 6.11. The Kier molecular flexibility index (Phi) is 8.89. The van der Waals surface area contributed by atoms with Gasteiger partial charge in [-0.15, -0.1) is 23.5 Å². The molecule has 0 unspecified atom stereocenters. The second-order valence-corrected chi connectivity index (χ2v) is 8.69. The number of nitrogens with zero attached hydrogens (tertiary/aromatic N) is 1. The molecule has 0 saturated heterocycles. The van der Waals surface area contributed by atoms with Crippen LogP contribution in [-0.4, -0.2) is 29.5 Å². The van der Waals surface area contributed by atoms with E-state index < -0.39 is 5.97 Å². The third-order valence-electron chi connectivity index (χ3n) is 3.39. The molecule has 8 heteroatoms. The van der Waals surface area contributed by atoms with E-state index in [4.69, 9.17) is 16.4 Å². The Morgan fingerprint density at radius 2 is 1.81 bits per heavy atom. The number of thioether (sulfide) groups is 2. The summed E-state index contributed by atoms with van der Waals surface area (Å²) in [5.74, 6) is -0.233. The van der Waals surface area contributed by atoms with Crippen LogP contribution in [0.3, 0.4) is 0 Å². The van der Waals surface area contributed by atoms with E-state index in [9.17, 15) is 9.59 Å². The summed E-state index contributed by atoms with van der Waals surface area (Å²) in [5, 5.41) is 4.46. The molecule has 0 aliphatic carbocycles. The van der Waals surface area contributed by atoms with Gasteiger partial charge >= 0.3 is 5.97 Å². The maximum atomic E-state index is 12.9. The van der Waals surface area contributed by atoms with E-state index in [0.29, 0.717) is 27.2 Å². The summed E-state index contributed by atoms with van der Waals surface area (Å²) in [5.41, 5.74) is 0.680. The highest BCUT2D eigenvalue weighted by Gasteiger charge is 2.18. The van der Waals surface area contributed by atoms with Crippen molar-refractivity contribution in [3.8, 4) is 0 Å². The SMILES string of the molecule is CSc1ccc(C(=O)C(CCSc2ccc(Cl)cc2)=NOC(C)=O)c(Br)c1. The fourth-order valence-electron chi connectivity index (χ4n) is 2.08. The molecule has 2 aromatic carbocycles. The zero-order valence-corrected chi connectivity index (χ0v) is 18.7. The molecule has 0 radical (unpaired) electrons. The normalized spacial score (nSPS) is 11.3. The largest absolute Gasteiger partial charge is 0.331 e. The van der Waals surface area contributed by atoms with Gasteiger partial charge in [0.2, 0.25) is 5.78 Å². The van der Waals surface area contributed by atoms with Crippen LogP contribution >= 0.6 is 51.1 Å². The van der Waals surface area contributed by atoms with Gasteiger partial charge in [0, 0.05) is 43.9 Å². The third kappa shape index (κ3) is 6.99. The van der Waals surface area contributed by atoms with Gasteiger partial charge in [0.1, 0.15) is 5.71 Å². The number of oxime groups is 1. The van der Waals surface area contributed by atoms with Gasteiger partial charge in [-0.2, -0.15) is 0 Å². The zero-order valence-electron chi connectivity index (χ0n) is 14.7. The minimum absolute atomic E-state index is 0.198. The second kappa shape index (κ2) is 10.9. The van der Waals surface area contributed by atoms with Crippen molar-refractivity contribution in [2.45, 2.75) is 23.1 Å². The third-order valence-corrected chi connectivity index (χ3v) is 6.04. The van der Waals surface area contributed by atoms with Crippen LogP contribution in [-0.2, 0) is 9.63 Å². The second-order valence-electron chi connectivity index (χ2n) is 5.35. The molecule has 4 nitrogen and oxygen atoms in total. The summed E-state index contributed by atoms with van der Waals surface area (Å²) in [6.45, 7) is 1.25. The molecule has 0 saturated carbocycles. The fraction of sp³-hybridized carbons (Fsp3) is 0.211. The lowest BCUT2D eigenvalue weighted by molar-refractivity contribution is -0.140. The first-order chi connectivity index (χ1) is 12.9. The average Bonchev–Trinajstić information content (AvgIpc) is 2.65. The molecular formula is C19H17BrClNO3S2. The molecule has 0 atom stereocenters. The number of halogens is 2. The summed E-state index contributed by atoms with van der Waals surface area (Å²) in [4.78, 5) is 30.8. The standard InChI is InChI=1S/C19H17BrClNO3S2/c1-12(23)25-22-18(9-10-27-14-5-3-13(21)4-6-14)19(24)16-8-7-15(26-2)11-17(16)20/h3-8,11H,9-10H2,1-2H3. The maximum Gasteiger partial charge on any atom is 0.331 e. The Morgan fingerprint density at radius 1 is 1.15 bits per heavy atom. The van der Waals surface area contributed by atoms with E-state index in [1.54, 1.807) is 29.6 Å². The topological polar surface area (TPSA) is 55.7 Å². The van der Waals surface area contributed by atoms with Gasteiger partial charge in [-0.05, 0) is 64.7 Å². The minimum Gasteiger partial charge on any atom is -0.318 e. The van der Waals surface area contributed by atoms with E-state index in [0.717, 1.165) is 9.79 Å². The number of hydrogen-bond acceptors (Lipinski definition) is 6. The van der Waals surface area contributed by atoms with E-state index in [-0.39, 0.29) is 11.5 Å². The molecule has 0 spiro atoms. The summed E-state index contributed by atoms with van der Waals surface area (Å²) < 4.78 is 0.681. The van der Waals surface area contributed by atoms with Gasteiger partial charge in [0.25, 0.3) is 0 Å². The molecule has 0 aliphatic heterocycles. The highest BCUT2D eigenvalue weighted by atomic mass is 79.9. The number of rotatable bonds is 8. The van der Waals surface area contributed by atoms with Crippen LogP contribution in [0.25, 0.3) is 0 Å². The highest BCUT2D eigenvalue weighted by Crippen LogP contribution is 2.26. The van der Waals surface area contributed by atoms with Crippen LogP contribution in [0.1, 0.15) is 23.7 Å². The smallest absolute Gasteiger partial charge is 0.318 e. The lowest BCUT2D eigenvalue weighted by Crippen LogP contribution is -2.17. The Labute approximate surface area is 180 Å². The Morgan fingerprint density at radius 3 is 2.41 bits per heavy atom. The van der Waals surface area contributed by atoms with Crippen LogP contribution in [0.4, 0.5) is 0 Å². The summed E-state index contributed by atoms with van der Waals surface area (Å²) in [6.07, 6.45) is 2.32. The number of carbonyl (C=O) groups excluding carboxylic acids is 2. The summed E-state index contributed by atoms with van der Waals surface area (Å²) >= 11 is 12.5. The number of hydrogen-bond donors (Lipinski definition) is 0. The summed E-state index contributed by atoms with van der Waals surface area (Å²) in [7, 11) is 0. The maximum absolute atomic E-state index is 12.9. The van der Waals surface area contributed by atoms with Crippen LogP contribution < -0.4 is 0 Å². The molecule has 27 heavy (non-hydrogen) atoms. The van der Waals surface area contributed by atoms with Crippen LogP contribution in [0.15, 0.2) is 61.9 Å². The quantitative estimate of drug-likeness (QED) is 0.148. The van der Waals surface area contributed by atoms with Gasteiger partial charge < -0.3 is 4.84 Å². The molecule has 2 rings (SSSR count). The predicted molar refractivity (Wildman–Crippen MR) is 116 cm³/mol. The van der Waals surface area contributed by atoms with Crippen molar-refractivity contribution in [1.82, 2.24) is 0 Å². The lowest BCUT2D eigenvalue weighted by atomic mass is 10.1. The monoisotopic (exact) mass is 485 g/mol. The van der Waals surface area contributed by atoms with Crippen molar-refractivity contribution in [2.24, 2.45) is 5.16 Å². The Bertz CT molecular complexity index is 857. The number of ketones is 1. The highest BCUT2D eigenvalue weighted by molar-refractivity contribution is 9.10. The molecular weight excluding hydrogens is 470 g/mol. The molecule has 0 bridgehead atoms. The number of carbonyl (C=O) groups is 2. The van der Waals surface area contributed by atoms with E-state index >= 15 is 0 Å². The molecule has 0 amide bonds. The lowest BCUT2D eigenvalue weighted by Gasteiger charge is -2.08. The van der Waals surface area contributed by atoms with Crippen molar-refractivity contribution >= 4 is 68.5 Å². The minimum atomic E-state index is -0.567. The van der Waals surface area contributed by atoms with Crippen molar-refractivity contribution in [3.63, 3.8) is 0 Å². The first kappa shape index (κ1) is 22.0. The van der Waals surface area contributed by atoms with Crippen LogP contribution in [0, 0.1) is 0 Å². The van der Waals surface area contributed by atoms with Crippen molar-refractivity contribution in [3.05, 3.63) is 57.5 Å². The van der Waals surface area contributed by atoms with Gasteiger partial charge in [0.15, 0.2) is 0 Å². The fourth-order valence-corrected chi connectivity index (χ4v) is 4.21. The van der Waals surface area contributed by atoms with Crippen molar-refractivity contribution in [2.75, 3.05) is 12.0 Å². The van der Waals surface area contributed by atoms with Crippen LogP contribution in [0.2, 0.25) is 5.02 Å². The Balaban J connectivity index is 2.13. The number of Topliss-reactive ketones (excluding diaryl/α,β-unsaturated/α-hetero) is 1. The van der Waals surface area contributed by atoms with Gasteiger partial charge in [-0.25, -0.2) is 4.79 Å². The van der Waals surface area contributed by atoms with Crippen LogP contribution in [0.5, 0.6) is 0 Å². The van der Waals surface area contributed by atoms with E-state index in [2.05, 4.69) is 21.1 Å². The molecule has 142 valence electrons. The first-order valence-electron chi connectivity index (χ1n) is 7.91. The molecule has 0 aliphatic rings. The first-order valence-corrected chi connectivity index (χ1v) is 11.3. The van der Waals surface area contributed by atoms with E-state index in [1.807, 2.05) is 42.7 Å². The molecule has 0 aromatic heterocycles. The summed E-state index contributed by atoms with van der Waals surface area (Å²) in [6, 6.07) is 12.9. The molecule has 0 N–H and O–H groups in total. The van der Waals surface area contributed by atoms with Crippen molar-refractivity contribution < 1.29 is 14.4 Å². The van der Waals surface area contributed by atoms with Gasteiger partial charge in [-0.3, -0.25) is 4.79 Å².